The highest BCUT2D eigenvalue weighted by molar-refractivity contribution is 9.10. The Kier molecular flexibility index (Phi) is 3.77. The first-order chi connectivity index (χ1) is 10.1. The van der Waals surface area contributed by atoms with Crippen LogP contribution in [-0.4, -0.2) is 20.3 Å². The topological polar surface area (TPSA) is 52.2 Å². The van der Waals surface area contributed by atoms with Crippen LogP contribution in [-0.2, 0) is 13.6 Å². The van der Waals surface area contributed by atoms with Gasteiger partial charge in [-0.2, -0.15) is 10.1 Å². The first-order valence-corrected chi connectivity index (χ1v) is 8.07. The lowest BCUT2D eigenvalue weighted by atomic mass is 10.3. The molecule has 0 aliphatic heterocycles. The molecule has 0 bridgehead atoms. The molecule has 1 aromatic carbocycles. The molecule has 0 aliphatic rings. The molecule has 0 spiro atoms. The summed E-state index contributed by atoms with van der Waals surface area (Å²) in [5, 5.41) is 4.09. The largest absolute Gasteiger partial charge is 0.316 e. The molecular weight excluding hydrogens is 352 g/mol. The SMILES string of the molecule is CCn1c(=NC(=O)c2ccn(C)n2)sc2cccc(Br)c21. The van der Waals surface area contributed by atoms with Gasteiger partial charge in [0.1, 0.15) is 0 Å². The molecular formula is C14H13BrN4OS. The fourth-order valence-corrected chi connectivity index (χ4v) is 3.97. The minimum Gasteiger partial charge on any atom is -0.316 e. The second kappa shape index (κ2) is 5.57. The van der Waals surface area contributed by atoms with Gasteiger partial charge in [0.25, 0.3) is 5.91 Å². The molecule has 3 aromatic rings. The van der Waals surface area contributed by atoms with Gasteiger partial charge < -0.3 is 4.57 Å². The van der Waals surface area contributed by atoms with Crippen LogP contribution in [0.15, 0.2) is 39.9 Å². The Balaban J connectivity index is 2.18. The number of fused-ring (bicyclic) bond motifs is 1. The number of aryl methyl sites for hydroxylation is 2. The van der Waals surface area contributed by atoms with Gasteiger partial charge >= 0.3 is 0 Å². The molecule has 0 radical (unpaired) electrons. The van der Waals surface area contributed by atoms with Crippen molar-refractivity contribution in [2.45, 2.75) is 13.5 Å². The summed E-state index contributed by atoms with van der Waals surface area (Å²) in [7, 11) is 1.78. The Morgan fingerprint density at radius 2 is 2.24 bits per heavy atom. The van der Waals surface area contributed by atoms with Crippen molar-refractivity contribution in [2.75, 3.05) is 0 Å². The number of carbonyl (C=O) groups excluding carboxylic acids is 1. The molecule has 0 atom stereocenters. The molecule has 0 unspecified atom stereocenters. The van der Waals surface area contributed by atoms with Crippen LogP contribution in [0.25, 0.3) is 10.2 Å². The van der Waals surface area contributed by atoms with Crippen LogP contribution >= 0.6 is 27.3 Å². The molecule has 2 aromatic heterocycles. The number of para-hydroxylation sites is 1. The molecule has 0 aliphatic carbocycles. The van der Waals surface area contributed by atoms with E-state index in [0.29, 0.717) is 10.5 Å². The van der Waals surface area contributed by atoms with Gasteiger partial charge in [-0.05, 0) is 41.1 Å². The minimum absolute atomic E-state index is 0.319. The van der Waals surface area contributed by atoms with Gasteiger partial charge in [0.15, 0.2) is 10.5 Å². The van der Waals surface area contributed by atoms with Gasteiger partial charge in [-0.3, -0.25) is 9.48 Å². The van der Waals surface area contributed by atoms with Gasteiger partial charge in [0, 0.05) is 24.3 Å². The minimum atomic E-state index is -0.319. The highest BCUT2D eigenvalue weighted by Crippen LogP contribution is 2.25. The molecule has 3 rings (SSSR count). The molecule has 7 heteroatoms. The van der Waals surface area contributed by atoms with E-state index in [1.54, 1.807) is 24.0 Å². The number of rotatable bonds is 2. The number of benzene rings is 1. The van der Waals surface area contributed by atoms with E-state index in [1.165, 1.54) is 11.3 Å². The summed E-state index contributed by atoms with van der Waals surface area (Å²) in [4.78, 5) is 17.1. The van der Waals surface area contributed by atoms with Crippen molar-refractivity contribution in [3.05, 3.63) is 45.4 Å². The Morgan fingerprint density at radius 3 is 2.90 bits per heavy atom. The second-order valence-electron chi connectivity index (χ2n) is 4.51. The van der Waals surface area contributed by atoms with Crippen molar-refractivity contribution in [1.29, 1.82) is 0 Å². The number of aromatic nitrogens is 3. The van der Waals surface area contributed by atoms with Gasteiger partial charge in [-0.25, -0.2) is 0 Å². The molecule has 0 N–H and O–H groups in total. The van der Waals surface area contributed by atoms with Crippen molar-refractivity contribution >= 4 is 43.4 Å². The summed E-state index contributed by atoms with van der Waals surface area (Å²) < 4.78 is 5.73. The van der Waals surface area contributed by atoms with Gasteiger partial charge in [-0.15, -0.1) is 0 Å². The summed E-state index contributed by atoms with van der Waals surface area (Å²) in [6.45, 7) is 2.78. The van der Waals surface area contributed by atoms with Crippen LogP contribution in [0.5, 0.6) is 0 Å². The fourth-order valence-electron chi connectivity index (χ4n) is 2.14. The number of hydrogen-bond acceptors (Lipinski definition) is 3. The molecule has 0 saturated heterocycles. The van der Waals surface area contributed by atoms with Gasteiger partial charge in [0.05, 0.1) is 10.2 Å². The van der Waals surface area contributed by atoms with E-state index in [2.05, 4.69) is 26.0 Å². The third-order valence-electron chi connectivity index (χ3n) is 3.10. The van der Waals surface area contributed by atoms with Crippen molar-refractivity contribution < 1.29 is 4.79 Å². The van der Waals surface area contributed by atoms with E-state index >= 15 is 0 Å². The van der Waals surface area contributed by atoms with Gasteiger partial charge in [0.2, 0.25) is 0 Å². The molecule has 1 amide bonds. The number of amides is 1. The lowest BCUT2D eigenvalue weighted by Crippen LogP contribution is -2.16. The average molecular weight is 365 g/mol. The van der Waals surface area contributed by atoms with Crippen LogP contribution in [0, 0.1) is 0 Å². The van der Waals surface area contributed by atoms with E-state index in [0.717, 1.165) is 21.2 Å². The van der Waals surface area contributed by atoms with Crippen LogP contribution in [0.2, 0.25) is 0 Å². The van der Waals surface area contributed by atoms with E-state index in [-0.39, 0.29) is 5.91 Å². The van der Waals surface area contributed by atoms with Crippen LogP contribution in [0.3, 0.4) is 0 Å². The molecule has 0 saturated carbocycles. The zero-order valence-corrected chi connectivity index (χ0v) is 14.0. The zero-order valence-electron chi connectivity index (χ0n) is 11.6. The number of thiazole rings is 1. The van der Waals surface area contributed by atoms with Crippen LogP contribution < -0.4 is 4.80 Å². The third-order valence-corrected chi connectivity index (χ3v) is 4.78. The Morgan fingerprint density at radius 1 is 1.43 bits per heavy atom. The third kappa shape index (κ3) is 2.58. The van der Waals surface area contributed by atoms with Gasteiger partial charge in [-0.1, -0.05) is 17.4 Å². The molecule has 21 heavy (non-hydrogen) atoms. The van der Waals surface area contributed by atoms with E-state index in [9.17, 15) is 4.79 Å². The lowest BCUT2D eigenvalue weighted by Gasteiger charge is -2.01. The maximum Gasteiger partial charge on any atom is 0.300 e. The number of halogens is 1. The number of hydrogen-bond donors (Lipinski definition) is 0. The Hall–Kier alpha value is -1.73. The second-order valence-corrected chi connectivity index (χ2v) is 6.37. The lowest BCUT2D eigenvalue weighted by molar-refractivity contribution is 0.0992. The normalized spacial score (nSPS) is 12.2. The van der Waals surface area contributed by atoms with Crippen molar-refractivity contribution in [3.63, 3.8) is 0 Å². The summed E-state index contributed by atoms with van der Waals surface area (Å²) in [5.41, 5.74) is 1.43. The summed E-state index contributed by atoms with van der Waals surface area (Å²) in [6, 6.07) is 7.67. The number of nitrogens with zero attached hydrogens (tertiary/aromatic N) is 4. The summed E-state index contributed by atoms with van der Waals surface area (Å²) >= 11 is 5.06. The van der Waals surface area contributed by atoms with Crippen molar-refractivity contribution in [3.8, 4) is 0 Å². The molecule has 2 heterocycles. The highest BCUT2D eigenvalue weighted by atomic mass is 79.9. The smallest absolute Gasteiger partial charge is 0.300 e. The standard InChI is InChI=1S/C14H13BrN4OS/c1-3-19-12-9(15)5-4-6-11(12)21-14(19)16-13(20)10-7-8-18(2)17-10/h4-8H,3H2,1-2H3. The Labute approximate surface area is 133 Å². The van der Waals surface area contributed by atoms with E-state index in [4.69, 9.17) is 0 Å². The van der Waals surface area contributed by atoms with E-state index in [1.807, 2.05) is 29.7 Å². The maximum atomic E-state index is 12.2. The number of carbonyl (C=O) groups is 1. The zero-order chi connectivity index (χ0) is 15.0. The van der Waals surface area contributed by atoms with Crippen molar-refractivity contribution in [1.82, 2.24) is 14.3 Å². The Bertz CT molecular complexity index is 890. The molecule has 108 valence electrons. The quantitative estimate of drug-likeness (QED) is 0.701. The molecule has 0 fully saturated rings. The maximum absolute atomic E-state index is 12.2. The van der Waals surface area contributed by atoms with Crippen LogP contribution in [0.4, 0.5) is 0 Å². The predicted octanol–water partition coefficient (Wildman–Crippen LogP) is 2.96. The predicted molar refractivity (Wildman–Crippen MR) is 86.3 cm³/mol. The summed E-state index contributed by atoms with van der Waals surface area (Å²) in [5.74, 6) is -0.319. The fraction of sp³-hybridized carbons (Fsp3) is 0.214. The summed E-state index contributed by atoms with van der Waals surface area (Å²) in [6.07, 6.45) is 1.73. The van der Waals surface area contributed by atoms with E-state index < -0.39 is 0 Å². The highest BCUT2D eigenvalue weighted by Gasteiger charge is 2.11. The average Bonchev–Trinajstić information content (AvgIpc) is 3.03. The monoisotopic (exact) mass is 364 g/mol. The van der Waals surface area contributed by atoms with Crippen molar-refractivity contribution in [2.24, 2.45) is 12.0 Å². The first kappa shape index (κ1) is 14.2. The molecule has 5 nitrogen and oxygen atoms in total. The van der Waals surface area contributed by atoms with Crippen LogP contribution in [0.1, 0.15) is 17.4 Å². The first-order valence-electron chi connectivity index (χ1n) is 6.46.